The molecule has 0 spiro atoms. The Morgan fingerprint density at radius 2 is 2.43 bits per heavy atom. The average Bonchev–Trinajstić information content (AvgIpc) is 2.22. The molecule has 0 nitrogen and oxygen atoms in total. The molecule has 1 aliphatic heterocycles. The van der Waals surface area contributed by atoms with Crippen LogP contribution in [-0.4, -0.2) is 12.4 Å². The fourth-order valence-corrected chi connectivity index (χ4v) is 1.31. The molecule has 0 saturated heterocycles. The second-order valence-corrected chi connectivity index (χ2v) is 2.33. The Labute approximate surface area is 44.1 Å². The minimum atomic E-state index is 1.31. The molecule has 2 rings (SSSR count). The van der Waals surface area contributed by atoms with Crippen LogP contribution in [0.3, 0.4) is 0 Å². The third-order valence-corrected chi connectivity index (χ3v) is 1.78. The molecular weight excluding hydrogens is 82.9 g/mol. The molecule has 1 fully saturated rings. The van der Waals surface area contributed by atoms with Crippen molar-refractivity contribution in [3.05, 3.63) is 11.5 Å². The van der Waals surface area contributed by atoms with Crippen LogP contribution in [0.2, 0.25) is 0 Å². The van der Waals surface area contributed by atoms with Crippen LogP contribution < -0.4 is 0 Å². The second-order valence-electron chi connectivity index (χ2n) is 2.33. The first kappa shape index (κ1) is 3.65. The zero-order chi connectivity index (χ0) is 4.69. The van der Waals surface area contributed by atoms with E-state index in [-0.39, 0.29) is 0 Å². The Balaban J connectivity index is 2.45. The van der Waals surface area contributed by atoms with Gasteiger partial charge in [0.2, 0.25) is 0 Å². The molecule has 1 heteroatoms. The first-order valence-corrected chi connectivity index (χ1v) is 2.82. The predicted molar refractivity (Wildman–Crippen MR) is 32.7 cm³/mol. The van der Waals surface area contributed by atoms with Gasteiger partial charge in [-0.05, 0) is 0 Å². The average molecular weight is 89.9 g/mol. The maximum absolute atomic E-state index is 2.26. The molecule has 0 amide bonds. The van der Waals surface area contributed by atoms with E-state index < -0.39 is 0 Å². The Bertz CT molecular complexity index is 136. The Hall–Kier alpha value is -0.325. The van der Waals surface area contributed by atoms with Crippen LogP contribution in [0.15, 0.2) is 11.5 Å². The zero-order valence-electron chi connectivity index (χ0n) is 4.28. The van der Waals surface area contributed by atoms with Gasteiger partial charge in [-0.25, -0.2) is 0 Å². The monoisotopic (exact) mass is 90.1 g/mol. The van der Waals surface area contributed by atoms with Crippen LogP contribution in [0.4, 0.5) is 0 Å². The van der Waals surface area contributed by atoms with Gasteiger partial charge in [-0.3, -0.25) is 0 Å². The molecule has 1 saturated carbocycles. The van der Waals surface area contributed by atoms with Gasteiger partial charge in [0.05, 0.1) is 0 Å². The van der Waals surface area contributed by atoms with Crippen molar-refractivity contribution in [1.82, 2.24) is 0 Å². The van der Waals surface area contributed by atoms with Gasteiger partial charge in [-0.1, -0.05) is 0 Å². The molecule has 0 aromatic heterocycles. The summed E-state index contributed by atoms with van der Waals surface area (Å²) >= 11 is 0. The van der Waals surface area contributed by atoms with E-state index in [1.165, 1.54) is 19.3 Å². The number of hydrogen-bond donors (Lipinski definition) is 0. The van der Waals surface area contributed by atoms with Gasteiger partial charge in [0.25, 0.3) is 0 Å². The van der Waals surface area contributed by atoms with E-state index in [2.05, 4.69) is 12.9 Å². The number of hydrogen-bond acceptors (Lipinski definition) is 0. The van der Waals surface area contributed by atoms with E-state index in [1.807, 2.05) is 0 Å². The van der Waals surface area contributed by atoms with Crippen molar-refractivity contribution in [2.45, 2.75) is 19.3 Å². The van der Waals surface area contributed by atoms with E-state index >= 15 is 0 Å². The second kappa shape index (κ2) is 1.09. The molecule has 2 bridgehead atoms. The molecular formula is C6H7B. The van der Waals surface area contributed by atoms with Crippen LogP contribution in [0, 0.1) is 0 Å². The standard InChI is InChI=1S/C6H7B/c1-2-6-3-5(1)4-7-6/h4H,1-3H2. The molecule has 0 aromatic rings. The van der Waals surface area contributed by atoms with Crippen LogP contribution in [-0.2, 0) is 0 Å². The molecule has 0 unspecified atom stereocenters. The summed E-state index contributed by atoms with van der Waals surface area (Å²) in [4.78, 5) is 0. The van der Waals surface area contributed by atoms with E-state index in [0.717, 1.165) is 0 Å². The predicted octanol–water partition coefficient (Wildman–Crippen LogP) is 0.944. The first-order valence-electron chi connectivity index (χ1n) is 2.82. The summed E-state index contributed by atoms with van der Waals surface area (Å²) < 4.78 is 0. The van der Waals surface area contributed by atoms with Crippen LogP contribution in [0.1, 0.15) is 19.3 Å². The molecule has 0 atom stereocenters. The van der Waals surface area contributed by atoms with E-state index in [1.54, 1.807) is 11.0 Å². The maximum atomic E-state index is 2.26. The van der Waals surface area contributed by atoms with E-state index in [4.69, 9.17) is 0 Å². The molecule has 2 aliphatic rings. The van der Waals surface area contributed by atoms with Crippen molar-refractivity contribution >= 4 is 12.4 Å². The van der Waals surface area contributed by atoms with Gasteiger partial charge >= 0.3 is 43.2 Å². The van der Waals surface area contributed by atoms with Crippen molar-refractivity contribution in [2.24, 2.45) is 0 Å². The SMILES string of the molecule is B1=C2CCC(=C1)C2. The number of allylic oxidation sites excluding steroid dienone is 1. The normalized spacial score (nSPS) is 24.0. The van der Waals surface area contributed by atoms with Crippen LogP contribution in [0.5, 0.6) is 0 Å². The summed E-state index contributed by atoms with van der Waals surface area (Å²) in [5, 5.41) is 0. The molecule has 1 heterocycles. The van der Waals surface area contributed by atoms with Gasteiger partial charge in [0.1, 0.15) is 0 Å². The summed E-state index contributed by atoms with van der Waals surface area (Å²) in [6.45, 7) is 2.26. The summed E-state index contributed by atoms with van der Waals surface area (Å²) in [6, 6.07) is 0. The first-order chi connectivity index (χ1) is 3.45. The van der Waals surface area contributed by atoms with Gasteiger partial charge in [0, 0.05) is 0 Å². The minimum absolute atomic E-state index is 1.31. The molecule has 0 N–H and O–H groups in total. The van der Waals surface area contributed by atoms with Gasteiger partial charge < -0.3 is 0 Å². The summed E-state index contributed by atoms with van der Waals surface area (Å²) in [6.07, 6.45) is 4.01. The Morgan fingerprint density at radius 1 is 1.43 bits per heavy atom. The summed E-state index contributed by atoms with van der Waals surface area (Å²) in [5.41, 5.74) is 3.30. The Morgan fingerprint density at radius 3 is 2.57 bits per heavy atom. The topological polar surface area (TPSA) is 0 Å². The van der Waals surface area contributed by atoms with Crippen molar-refractivity contribution in [2.75, 3.05) is 0 Å². The van der Waals surface area contributed by atoms with Crippen molar-refractivity contribution < 1.29 is 0 Å². The zero-order valence-corrected chi connectivity index (χ0v) is 4.28. The van der Waals surface area contributed by atoms with Crippen molar-refractivity contribution in [3.8, 4) is 0 Å². The number of rotatable bonds is 0. The molecule has 34 valence electrons. The fourth-order valence-electron chi connectivity index (χ4n) is 1.31. The molecule has 0 radical (unpaired) electrons. The quantitative estimate of drug-likeness (QED) is 0.388. The Kier molecular flexibility index (Phi) is 0.567. The fraction of sp³-hybridized carbons (Fsp3) is 0.500. The van der Waals surface area contributed by atoms with E-state index in [0.29, 0.717) is 0 Å². The summed E-state index contributed by atoms with van der Waals surface area (Å²) in [7, 11) is 0. The third-order valence-electron chi connectivity index (χ3n) is 1.78. The van der Waals surface area contributed by atoms with Gasteiger partial charge in [-0.15, -0.1) is 0 Å². The van der Waals surface area contributed by atoms with Gasteiger partial charge in [0.15, 0.2) is 0 Å². The molecule has 0 aromatic carbocycles. The number of fused-ring (bicyclic) bond motifs is 2. The van der Waals surface area contributed by atoms with Crippen LogP contribution in [0.25, 0.3) is 0 Å². The summed E-state index contributed by atoms with van der Waals surface area (Å²) in [5.74, 6) is 2.26. The molecule has 1 aliphatic carbocycles. The third kappa shape index (κ3) is 0.410. The van der Waals surface area contributed by atoms with E-state index in [9.17, 15) is 0 Å². The van der Waals surface area contributed by atoms with Crippen molar-refractivity contribution in [1.29, 1.82) is 0 Å². The van der Waals surface area contributed by atoms with Gasteiger partial charge in [-0.2, -0.15) is 0 Å². The molecule has 7 heavy (non-hydrogen) atoms. The van der Waals surface area contributed by atoms with Crippen molar-refractivity contribution in [3.63, 3.8) is 0 Å². The van der Waals surface area contributed by atoms with Crippen LogP contribution >= 0.6 is 0 Å².